The molecule has 0 aliphatic carbocycles. The van der Waals surface area contributed by atoms with Crippen molar-refractivity contribution in [2.75, 3.05) is 13.7 Å². The first kappa shape index (κ1) is 21.2. The molecular weight excluding hydrogens is 434 g/mol. The van der Waals surface area contributed by atoms with Crippen LogP contribution < -0.4 is 4.74 Å². The van der Waals surface area contributed by atoms with Gasteiger partial charge in [-0.05, 0) is 42.5 Å². The van der Waals surface area contributed by atoms with Crippen molar-refractivity contribution in [1.82, 2.24) is 14.9 Å². The number of benzene rings is 3. The van der Waals surface area contributed by atoms with Crippen molar-refractivity contribution < 1.29 is 9.53 Å². The molecule has 0 saturated heterocycles. The van der Waals surface area contributed by atoms with Crippen molar-refractivity contribution in [2.45, 2.75) is 13.0 Å². The van der Waals surface area contributed by atoms with Crippen LogP contribution in [0.2, 0.25) is 5.02 Å². The normalized spacial score (nSPS) is 12.8. The van der Waals surface area contributed by atoms with Crippen LogP contribution in [-0.2, 0) is 13.0 Å². The second-order valence-electron chi connectivity index (χ2n) is 7.90. The van der Waals surface area contributed by atoms with E-state index in [4.69, 9.17) is 26.3 Å². The number of methoxy groups -OCH3 is 1. The van der Waals surface area contributed by atoms with Gasteiger partial charge in [0.25, 0.3) is 5.91 Å². The van der Waals surface area contributed by atoms with Crippen LogP contribution in [0, 0.1) is 0 Å². The average Bonchev–Trinajstić information content (AvgIpc) is 2.88. The lowest BCUT2D eigenvalue weighted by Gasteiger charge is -2.30. The van der Waals surface area contributed by atoms with Crippen molar-refractivity contribution in [2.24, 2.45) is 0 Å². The van der Waals surface area contributed by atoms with E-state index in [2.05, 4.69) is 0 Å². The van der Waals surface area contributed by atoms with E-state index in [1.807, 2.05) is 77.7 Å². The molecule has 6 heteroatoms. The van der Waals surface area contributed by atoms with Crippen LogP contribution in [0.15, 0.2) is 78.9 Å². The molecule has 5 rings (SSSR count). The van der Waals surface area contributed by atoms with Gasteiger partial charge < -0.3 is 9.64 Å². The number of hydrogen-bond acceptors (Lipinski definition) is 4. The number of amides is 1. The van der Waals surface area contributed by atoms with Gasteiger partial charge in [-0.2, -0.15) is 0 Å². The van der Waals surface area contributed by atoms with Gasteiger partial charge in [-0.3, -0.25) is 4.79 Å². The Morgan fingerprint density at radius 3 is 2.48 bits per heavy atom. The largest absolute Gasteiger partial charge is 0.497 e. The minimum atomic E-state index is -0.0275. The molecule has 1 aromatic heterocycles. The number of rotatable bonds is 4. The Balaban J connectivity index is 1.55. The smallest absolute Gasteiger partial charge is 0.254 e. The van der Waals surface area contributed by atoms with Crippen molar-refractivity contribution in [3.8, 4) is 28.4 Å². The van der Waals surface area contributed by atoms with Gasteiger partial charge in [0.05, 0.1) is 18.5 Å². The van der Waals surface area contributed by atoms with Gasteiger partial charge in [-0.1, -0.05) is 48.0 Å². The van der Waals surface area contributed by atoms with E-state index in [0.29, 0.717) is 41.7 Å². The molecule has 33 heavy (non-hydrogen) atoms. The molecule has 0 saturated carbocycles. The highest BCUT2D eigenvalue weighted by molar-refractivity contribution is 6.30. The molecule has 1 amide bonds. The third-order valence-electron chi connectivity index (χ3n) is 5.81. The fourth-order valence-electron chi connectivity index (χ4n) is 4.09. The summed E-state index contributed by atoms with van der Waals surface area (Å²) < 4.78 is 5.29. The summed E-state index contributed by atoms with van der Waals surface area (Å²) in [6.45, 7) is 1.05. The third-order valence-corrected chi connectivity index (χ3v) is 6.07. The van der Waals surface area contributed by atoms with Gasteiger partial charge in [-0.15, -0.1) is 0 Å². The van der Waals surface area contributed by atoms with Crippen LogP contribution in [-0.4, -0.2) is 34.4 Å². The Hall–Kier alpha value is -3.70. The number of halogens is 1. The van der Waals surface area contributed by atoms with Crippen molar-refractivity contribution in [1.29, 1.82) is 0 Å². The predicted octanol–water partition coefficient (Wildman–Crippen LogP) is 5.67. The van der Waals surface area contributed by atoms with Crippen LogP contribution in [0.4, 0.5) is 0 Å². The van der Waals surface area contributed by atoms with Crippen LogP contribution in [0.25, 0.3) is 22.6 Å². The zero-order chi connectivity index (χ0) is 22.8. The standard InChI is InChI=1S/C27H22ClN3O2/c1-33-22-9-5-8-20(16-22)27(32)31-15-14-24-23(17-31)25(18-6-3-2-4-7-18)30-26(29-24)19-10-12-21(28)13-11-19/h2-13,16H,14-15,17H2,1H3. The third kappa shape index (κ3) is 4.32. The molecule has 0 spiro atoms. The van der Waals surface area contributed by atoms with E-state index in [-0.39, 0.29) is 5.91 Å². The zero-order valence-corrected chi connectivity index (χ0v) is 18.9. The molecule has 0 bridgehead atoms. The summed E-state index contributed by atoms with van der Waals surface area (Å²) in [5, 5.41) is 0.673. The summed E-state index contributed by atoms with van der Waals surface area (Å²) in [5.74, 6) is 1.30. The van der Waals surface area contributed by atoms with Gasteiger partial charge >= 0.3 is 0 Å². The zero-order valence-electron chi connectivity index (χ0n) is 18.2. The number of fused-ring (bicyclic) bond motifs is 1. The Kier molecular flexibility index (Phi) is 5.80. The van der Waals surface area contributed by atoms with E-state index >= 15 is 0 Å². The topological polar surface area (TPSA) is 55.3 Å². The maximum Gasteiger partial charge on any atom is 0.254 e. The van der Waals surface area contributed by atoms with E-state index in [9.17, 15) is 4.79 Å². The number of aromatic nitrogens is 2. The molecule has 4 aromatic rings. The van der Waals surface area contributed by atoms with Crippen LogP contribution in [0.1, 0.15) is 21.6 Å². The Morgan fingerprint density at radius 1 is 0.939 bits per heavy atom. The molecule has 0 radical (unpaired) electrons. The lowest BCUT2D eigenvalue weighted by molar-refractivity contribution is 0.0733. The molecular formula is C27H22ClN3O2. The quantitative estimate of drug-likeness (QED) is 0.397. The highest BCUT2D eigenvalue weighted by Gasteiger charge is 2.27. The lowest BCUT2D eigenvalue weighted by atomic mass is 9.98. The summed E-state index contributed by atoms with van der Waals surface area (Å²) in [7, 11) is 1.60. The summed E-state index contributed by atoms with van der Waals surface area (Å²) in [5.41, 5.74) is 5.34. The van der Waals surface area contributed by atoms with E-state index in [1.165, 1.54) is 0 Å². The second-order valence-corrected chi connectivity index (χ2v) is 8.34. The summed E-state index contributed by atoms with van der Waals surface area (Å²) in [6, 6.07) is 24.9. The predicted molar refractivity (Wildman–Crippen MR) is 129 cm³/mol. The molecule has 5 nitrogen and oxygen atoms in total. The molecule has 0 unspecified atom stereocenters. The first-order valence-corrected chi connectivity index (χ1v) is 11.1. The number of carbonyl (C=O) groups excluding carboxylic acids is 1. The first-order chi connectivity index (χ1) is 16.1. The molecule has 0 fully saturated rings. The van der Waals surface area contributed by atoms with Crippen molar-refractivity contribution >= 4 is 17.5 Å². The average molecular weight is 456 g/mol. The number of carbonyl (C=O) groups is 1. The lowest BCUT2D eigenvalue weighted by Crippen LogP contribution is -2.37. The van der Waals surface area contributed by atoms with E-state index in [1.54, 1.807) is 13.2 Å². The Morgan fingerprint density at radius 2 is 1.73 bits per heavy atom. The number of ether oxygens (including phenoxy) is 1. The van der Waals surface area contributed by atoms with Crippen molar-refractivity contribution in [3.05, 3.63) is 101 Å². The molecule has 2 heterocycles. The molecule has 0 atom stereocenters. The van der Waals surface area contributed by atoms with Gasteiger partial charge in [-0.25, -0.2) is 9.97 Å². The van der Waals surface area contributed by atoms with Gasteiger partial charge in [0.1, 0.15) is 5.75 Å². The fraction of sp³-hybridized carbons (Fsp3) is 0.148. The Labute approximate surface area is 197 Å². The van der Waals surface area contributed by atoms with Gasteiger partial charge in [0.2, 0.25) is 0 Å². The summed E-state index contributed by atoms with van der Waals surface area (Å²) in [4.78, 5) is 24.9. The monoisotopic (exact) mass is 455 g/mol. The van der Waals surface area contributed by atoms with Crippen molar-refractivity contribution in [3.63, 3.8) is 0 Å². The SMILES string of the molecule is COc1cccc(C(=O)N2CCc3nc(-c4ccc(Cl)cc4)nc(-c4ccccc4)c3C2)c1. The minimum Gasteiger partial charge on any atom is -0.497 e. The maximum absolute atomic E-state index is 13.3. The van der Waals surface area contributed by atoms with E-state index in [0.717, 1.165) is 28.1 Å². The van der Waals surface area contributed by atoms with Crippen LogP contribution in [0.5, 0.6) is 5.75 Å². The van der Waals surface area contributed by atoms with Gasteiger partial charge in [0, 0.05) is 46.8 Å². The molecule has 1 aliphatic heterocycles. The van der Waals surface area contributed by atoms with Crippen LogP contribution in [0.3, 0.4) is 0 Å². The van der Waals surface area contributed by atoms with Crippen LogP contribution >= 0.6 is 11.6 Å². The second kappa shape index (κ2) is 9.04. The Bertz CT molecular complexity index is 1310. The summed E-state index contributed by atoms with van der Waals surface area (Å²) >= 11 is 6.07. The summed E-state index contributed by atoms with van der Waals surface area (Å²) in [6.07, 6.45) is 0.661. The number of hydrogen-bond donors (Lipinski definition) is 0. The fourth-order valence-corrected chi connectivity index (χ4v) is 4.21. The molecule has 1 aliphatic rings. The van der Waals surface area contributed by atoms with E-state index < -0.39 is 0 Å². The highest BCUT2D eigenvalue weighted by atomic mass is 35.5. The first-order valence-electron chi connectivity index (χ1n) is 10.8. The molecule has 164 valence electrons. The highest BCUT2D eigenvalue weighted by Crippen LogP contribution is 2.31. The van der Waals surface area contributed by atoms with Gasteiger partial charge in [0.15, 0.2) is 5.82 Å². The number of nitrogens with zero attached hydrogens (tertiary/aromatic N) is 3. The molecule has 0 N–H and O–H groups in total. The maximum atomic E-state index is 13.3. The minimum absolute atomic E-state index is 0.0275. The molecule has 3 aromatic carbocycles.